The summed E-state index contributed by atoms with van der Waals surface area (Å²) >= 11 is 0. The maximum atomic E-state index is 12.5. The molecule has 1 aliphatic heterocycles. The molecule has 0 N–H and O–H groups in total. The molecule has 0 unspecified atom stereocenters. The lowest BCUT2D eigenvalue weighted by Gasteiger charge is -2.30. The largest absolute Gasteiger partial charge is 0.497 e. The summed E-state index contributed by atoms with van der Waals surface area (Å²) in [6, 6.07) is 6.83. The lowest BCUT2D eigenvalue weighted by molar-refractivity contribution is -0.157. The monoisotopic (exact) mass is 355 g/mol. The van der Waals surface area contributed by atoms with Crippen LogP contribution in [0.4, 0.5) is 13.2 Å². The second-order valence-electron chi connectivity index (χ2n) is 5.74. The van der Waals surface area contributed by atoms with Crippen LogP contribution in [0, 0.1) is 0 Å². The van der Waals surface area contributed by atoms with Gasteiger partial charge in [0.15, 0.2) is 0 Å². The molecule has 0 aliphatic carbocycles. The first kappa shape index (κ1) is 17.2. The van der Waals surface area contributed by atoms with Crippen LogP contribution >= 0.6 is 0 Å². The third-order valence-corrected chi connectivity index (χ3v) is 4.13. The molecule has 1 saturated heterocycles. The van der Waals surface area contributed by atoms with Crippen LogP contribution in [0.2, 0.25) is 0 Å². The highest BCUT2D eigenvalue weighted by Crippen LogP contribution is 2.32. The summed E-state index contributed by atoms with van der Waals surface area (Å²) in [5, 5.41) is 6.55. The number of nitrogens with zero attached hydrogens (tertiary/aromatic N) is 3. The maximum absolute atomic E-state index is 12.5. The molecule has 6 nitrogen and oxygen atoms in total. The molecule has 25 heavy (non-hydrogen) atoms. The van der Waals surface area contributed by atoms with E-state index in [0.717, 1.165) is 0 Å². The van der Waals surface area contributed by atoms with Crippen LogP contribution in [0.15, 0.2) is 28.7 Å². The number of piperidine rings is 1. The summed E-state index contributed by atoms with van der Waals surface area (Å²) in [7, 11) is 1.52. The van der Waals surface area contributed by atoms with E-state index in [1.165, 1.54) is 7.11 Å². The van der Waals surface area contributed by atoms with Crippen molar-refractivity contribution in [1.82, 2.24) is 15.1 Å². The Balaban J connectivity index is 1.63. The van der Waals surface area contributed by atoms with Crippen molar-refractivity contribution in [3.63, 3.8) is 0 Å². The van der Waals surface area contributed by atoms with Gasteiger partial charge < -0.3 is 14.1 Å². The summed E-state index contributed by atoms with van der Waals surface area (Å²) in [6.07, 6.45) is -3.71. The molecule has 3 rings (SSSR count). The Bertz CT molecular complexity index is 752. The number of rotatable bonds is 3. The van der Waals surface area contributed by atoms with Crippen LogP contribution in [0.5, 0.6) is 5.75 Å². The first-order valence-corrected chi connectivity index (χ1v) is 7.72. The standard InChI is InChI=1S/C16H16F3N3O3/c1-24-12-4-2-3-11(9-12)14(23)22-7-5-10(6-8-22)13-20-21-15(25-13)16(17,18)19/h2-4,9-10H,5-8H2,1H3. The SMILES string of the molecule is COc1cccc(C(=O)N2CCC(c3nnc(C(F)(F)F)o3)CC2)c1. The molecule has 0 saturated carbocycles. The minimum Gasteiger partial charge on any atom is -0.497 e. The molecule has 0 radical (unpaired) electrons. The van der Waals surface area contributed by atoms with Crippen molar-refractivity contribution in [2.75, 3.05) is 20.2 Å². The number of alkyl halides is 3. The highest BCUT2D eigenvalue weighted by molar-refractivity contribution is 5.94. The average Bonchev–Trinajstić information content (AvgIpc) is 3.12. The Kier molecular flexibility index (Phi) is 4.65. The van der Waals surface area contributed by atoms with Gasteiger partial charge in [-0.3, -0.25) is 4.79 Å². The number of hydrogen-bond acceptors (Lipinski definition) is 5. The number of halogens is 3. The van der Waals surface area contributed by atoms with Crippen molar-refractivity contribution < 1.29 is 27.1 Å². The van der Waals surface area contributed by atoms with Crippen LogP contribution in [0.3, 0.4) is 0 Å². The van der Waals surface area contributed by atoms with Gasteiger partial charge in [-0.1, -0.05) is 6.07 Å². The minimum absolute atomic E-state index is 0.0270. The Morgan fingerprint density at radius 1 is 1.28 bits per heavy atom. The minimum atomic E-state index is -4.64. The van der Waals surface area contributed by atoms with Gasteiger partial charge in [-0.15, -0.1) is 10.2 Å². The number of hydrogen-bond donors (Lipinski definition) is 0. The quantitative estimate of drug-likeness (QED) is 0.846. The summed E-state index contributed by atoms with van der Waals surface area (Å²) < 4.78 is 47.4. The van der Waals surface area contributed by atoms with Crippen molar-refractivity contribution in [3.05, 3.63) is 41.6 Å². The molecule has 1 amide bonds. The number of carbonyl (C=O) groups excluding carboxylic acids is 1. The number of methoxy groups -OCH3 is 1. The van der Waals surface area contributed by atoms with Gasteiger partial charge in [0, 0.05) is 24.6 Å². The van der Waals surface area contributed by atoms with Crippen LogP contribution in [0.1, 0.15) is 40.9 Å². The second kappa shape index (κ2) is 6.73. The van der Waals surface area contributed by atoms with E-state index in [4.69, 9.17) is 9.15 Å². The van der Waals surface area contributed by atoms with E-state index < -0.39 is 12.1 Å². The topological polar surface area (TPSA) is 68.5 Å². The average molecular weight is 355 g/mol. The lowest BCUT2D eigenvalue weighted by Crippen LogP contribution is -2.38. The number of ether oxygens (including phenoxy) is 1. The van der Waals surface area contributed by atoms with Crippen molar-refractivity contribution in [3.8, 4) is 5.75 Å². The molecule has 1 aliphatic rings. The summed E-state index contributed by atoms with van der Waals surface area (Å²) in [6.45, 7) is 0.814. The highest BCUT2D eigenvalue weighted by Gasteiger charge is 2.39. The fraction of sp³-hybridized carbons (Fsp3) is 0.438. The van der Waals surface area contributed by atoms with Gasteiger partial charge in [-0.25, -0.2) is 0 Å². The fourth-order valence-corrected chi connectivity index (χ4v) is 2.78. The fourth-order valence-electron chi connectivity index (χ4n) is 2.78. The van der Waals surface area contributed by atoms with Crippen LogP contribution in [-0.4, -0.2) is 41.2 Å². The zero-order valence-corrected chi connectivity index (χ0v) is 13.4. The third kappa shape index (κ3) is 3.75. The highest BCUT2D eigenvalue weighted by atomic mass is 19.4. The molecule has 0 bridgehead atoms. The van der Waals surface area contributed by atoms with E-state index in [-0.39, 0.29) is 17.7 Å². The smallest absolute Gasteiger partial charge is 0.470 e. The van der Waals surface area contributed by atoms with E-state index in [0.29, 0.717) is 37.2 Å². The molecule has 1 aromatic carbocycles. The molecule has 134 valence electrons. The predicted octanol–water partition coefficient (Wildman–Crippen LogP) is 3.12. The van der Waals surface area contributed by atoms with Crippen molar-refractivity contribution >= 4 is 5.91 Å². The zero-order chi connectivity index (χ0) is 18.0. The third-order valence-electron chi connectivity index (χ3n) is 4.13. The normalized spacial score (nSPS) is 16.1. The second-order valence-corrected chi connectivity index (χ2v) is 5.74. The Labute approximate surface area is 141 Å². The summed E-state index contributed by atoms with van der Waals surface area (Å²) in [4.78, 5) is 14.2. The number of amides is 1. The first-order chi connectivity index (χ1) is 11.9. The van der Waals surface area contributed by atoms with Crippen molar-refractivity contribution in [2.24, 2.45) is 0 Å². The van der Waals surface area contributed by atoms with Gasteiger partial charge in [0.05, 0.1) is 7.11 Å². The van der Waals surface area contributed by atoms with Gasteiger partial charge in [0.1, 0.15) is 5.75 Å². The molecular weight excluding hydrogens is 339 g/mol. The molecule has 1 fully saturated rings. The summed E-state index contributed by atoms with van der Waals surface area (Å²) in [5.74, 6) is -1.19. The van der Waals surface area contributed by atoms with Gasteiger partial charge in [0.2, 0.25) is 5.89 Å². The van der Waals surface area contributed by atoms with Crippen molar-refractivity contribution in [1.29, 1.82) is 0 Å². The molecule has 0 atom stereocenters. The molecule has 1 aromatic heterocycles. The Morgan fingerprint density at radius 3 is 2.60 bits per heavy atom. The zero-order valence-electron chi connectivity index (χ0n) is 13.4. The predicted molar refractivity (Wildman–Crippen MR) is 80.2 cm³/mol. The van der Waals surface area contributed by atoms with E-state index in [9.17, 15) is 18.0 Å². The Morgan fingerprint density at radius 2 is 2.00 bits per heavy atom. The van der Waals surface area contributed by atoms with Gasteiger partial charge >= 0.3 is 12.1 Å². The maximum Gasteiger partial charge on any atom is 0.470 e. The van der Waals surface area contributed by atoms with E-state index in [2.05, 4.69) is 10.2 Å². The van der Waals surface area contributed by atoms with Gasteiger partial charge in [-0.05, 0) is 31.0 Å². The number of likely N-dealkylation sites (tertiary alicyclic amines) is 1. The van der Waals surface area contributed by atoms with E-state index in [1.807, 2.05) is 0 Å². The van der Waals surface area contributed by atoms with Crippen LogP contribution in [0.25, 0.3) is 0 Å². The first-order valence-electron chi connectivity index (χ1n) is 7.72. The van der Waals surface area contributed by atoms with Gasteiger partial charge in [0.25, 0.3) is 5.91 Å². The van der Waals surface area contributed by atoms with Crippen LogP contribution < -0.4 is 4.74 Å². The Hall–Kier alpha value is -2.58. The number of carbonyl (C=O) groups is 1. The van der Waals surface area contributed by atoms with Gasteiger partial charge in [-0.2, -0.15) is 13.2 Å². The number of aromatic nitrogens is 2. The molecule has 0 spiro atoms. The van der Waals surface area contributed by atoms with Crippen molar-refractivity contribution in [2.45, 2.75) is 24.9 Å². The van der Waals surface area contributed by atoms with Crippen LogP contribution in [-0.2, 0) is 6.18 Å². The van der Waals surface area contributed by atoms with E-state index in [1.54, 1.807) is 29.2 Å². The molecule has 2 aromatic rings. The molecule has 9 heteroatoms. The number of benzene rings is 1. The summed E-state index contributed by atoms with van der Waals surface area (Å²) in [5.41, 5.74) is 0.509. The molecule has 2 heterocycles. The lowest BCUT2D eigenvalue weighted by atomic mass is 9.96. The molecular formula is C16H16F3N3O3. The van der Waals surface area contributed by atoms with E-state index >= 15 is 0 Å².